The van der Waals surface area contributed by atoms with Crippen LogP contribution in [-0.4, -0.2) is 43.9 Å². The lowest BCUT2D eigenvalue weighted by Gasteiger charge is -2.32. The molecule has 2 atom stereocenters. The Morgan fingerprint density at radius 2 is 2.09 bits per heavy atom. The second kappa shape index (κ2) is 10.3. The average Bonchev–Trinajstić information content (AvgIpc) is 2.88. The molecule has 3 rings (SSSR count). The number of nitrogens with zero attached hydrogens (tertiary/aromatic N) is 2. The van der Waals surface area contributed by atoms with Crippen LogP contribution in [0.15, 0.2) is 41.6 Å². The van der Waals surface area contributed by atoms with Crippen LogP contribution in [0.25, 0.3) is 0 Å². The van der Waals surface area contributed by atoms with Crippen molar-refractivity contribution in [1.29, 1.82) is 0 Å². The third kappa shape index (κ3) is 5.17. The molecule has 182 valence electrons. The minimum Gasteiger partial charge on any atom is -0.469 e. The van der Waals surface area contributed by atoms with Crippen molar-refractivity contribution in [1.82, 2.24) is 9.29 Å². The van der Waals surface area contributed by atoms with Crippen LogP contribution in [0.5, 0.6) is 0 Å². The molecule has 1 aromatic carbocycles. The van der Waals surface area contributed by atoms with Crippen LogP contribution in [0, 0.1) is 30.6 Å². The van der Waals surface area contributed by atoms with E-state index in [0.29, 0.717) is 13.0 Å². The Labute approximate surface area is 202 Å². The molecule has 0 spiro atoms. The number of esters is 1. The number of hydrogen-bond acceptors (Lipinski definition) is 6. The van der Waals surface area contributed by atoms with Gasteiger partial charge in [0.25, 0.3) is 0 Å². The van der Waals surface area contributed by atoms with Gasteiger partial charge in [0.15, 0.2) is 0 Å². The smallest absolute Gasteiger partial charge is 0.314 e. The van der Waals surface area contributed by atoms with Crippen LogP contribution < -0.4 is 0 Å². The van der Waals surface area contributed by atoms with Gasteiger partial charge in [0.2, 0.25) is 10.0 Å². The first-order valence-corrected chi connectivity index (χ1v) is 12.6. The van der Waals surface area contributed by atoms with Gasteiger partial charge in [-0.05, 0) is 61.4 Å². The van der Waals surface area contributed by atoms with Gasteiger partial charge in [-0.1, -0.05) is 31.0 Å². The second-order valence-electron chi connectivity index (χ2n) is 9.38. The molecular formula is C26H32N2O5S. The molecule has 0 saturated heterocycles. The molecule has 1 aliphatic rings. The molecule has 0 bridgehead atoms. The first-order valence-electron chi connectivity index (χ1n) is 11.2. The van der Waals surface area contributed by atoms with Crippen molar-refractivity contribution in [2.75, 3.05) is 20.3 Å². The normalized spacial score (nSPS) is 18.9. The van der Waals surface area contributed by atoms with Crippen molar-refractivity contribution in [2.24, 2.45) is 11.3 Å². The zero-order valence-corrected chi connectivity index (χ0v) is 21.2. The van der Waals surface area contributed by atoms with Crippen molar-refractivity contribution in [3.05, 3.63) is 58.9 Å². The van der Waals surface area contributed by atoms with E-state index in [1.165, 1.54) is 17.6 Å². The lowest BCUT2D eigenvalue weighted by Crippen LogP contribution is -2.35. The first-order chi connectivity index (χ1) is 16.0. The molecular weight excluding hydrogens is 452 g/mol. The number of aryl methyl sites for hydroxylation is 1. The SMILES string of the molecule is C#CCO[C@@H](c1ccc(C)c(CN2C[C@@H](C)Cc3ccncc3S2(=O)=O)c1)C(C)(C)C(=O)OC. The summed E-state index contributed by atoms with van der Waals surface area (Å²) in [7, 11) is -2.39. The lowest BCUT2D eigenvalue weighted by atomic mass is 9.81. The fourth-order valence-corrected chi connectivity index (χ4v) is 6.14. The van der Waals surface area contributed by atoms with E-state index in [1.807, 2.05) is 32.0 Å². The van der Waals surface area contributed by atoms with E-state index in [2.05, 4.69) is 10.9 Å². The average molecular weight is 485 g/mol. The Morgan fingerprint density at radius 1 is 1.35 bits per heavy atom. The summed E-state index contributed by atoms with van der Waals surface area (Å²) in [6.45, 7) is 8.08. The van der Waals surface area contributed by atoms with E-state index < -0.39 is 27.5 Å². The Kier molecular flexibility index (Phi) is 7.81. The van der Waals surface area contributed by atoms with Gasteiger partial charge in [-0.15, -0.1) is 6.42 Å². The van der Waals surface area contributed by atoms with Crippen LogP contribution in [0.2, 0.25) is 0 Å². The highest BCUT2D eigenvalue weighted by Crippen LogP contribution is 2.39. The fourth-order valence-electron chi connectivity index (χ4n) is 4.42. The van der Waals surface area contributed by atoms with Crippen molar-refractivity contribution in [3.8, 4) is 12.3 Å². The maximum atomic E-state index is 13.5. The predicted octanol–water partition coefficient (Wildman–Crippen LogP) is 3.66. The molecule has 34 heavy (non-hydrogen) atoms. The molecule has 2 heterocycles. The maximum Gasteiger partial charge on any atom is 0.314 e. The summed E-state index contributed by atoms with van der Waals surface area (Å²) in [4.78, 5) is 16.8. The Balaban J connectivity index is 2.02. The monoisotopic (exact) mass is 484 g/mol. The highest BCUT2D eigenvalue weighted by atomic mass is 32.2. The number of rotatable bonds is 7. The summed E-state index contributed by atoms with van der Waals surface area (Å²) in [6.07, 6.45) is 8.47. The van der Waals surface area contributed by atoms with Gasteiger partial charge in [0.1, 0.15) is 11.5 Å². The Morgan fingerprint density at radius 3 is 2.76 bits per heavy atom. The summed E-state index contributed by atoms with van der Waals surface area (Å²) in [6, 6.07) is 7.47. The molecule has 1 aliphatic heterocycles. The molecule has 0 N–H and O–H groups in total. The minimum atomic E-state index is -3.72. The van der Waals surface area contributed by atoms with Crippen LogP contribution in [0.1, 0.15) is 49.1 Å². The number of carbonyl (C=O) groups excluding carboxylic acids is 1. The molecule has 2 aromatic rings. The number of aromatic nitrogens is 1. The van der Waals surface area contributed by atoms with Gasteiger partial charge >= 0.3 is 5.97 Å². The number of ether oxygens (including phenoxy) is 2. The van der Waals surface area contributed by atoms with Crippen molar-refractivity contribution in [2.45, 2.75) is 51.7 Å². The minimum absolute atomic E-state index is 0.0239. The summed E-state index contributed by atoms with van der Waals surface area (Å²) in [5, 5.41) is 0. The number of benzene rings is 1. The van der Waals surface area contributed by atoms with Crippen molar-refractivity contribution in [3.63, 3.8) is 0 Å². The third-order valence-corrected chi connectivity index (χ3v) is 8.18. The number of terminal acetylenes is 1. The predicted molar refractivity (Wildman–Crippen MR) is 129 cm³/mol. The number of carbonyl (C=O) groups is 1. The number of fused-ring (bicyclic) bond motifs is 1. The van der Waals surface area contributed by atoms with Crippen LogP contribution in [0.3, 0.4) is 0 Å². The maximum absolute atomic E-state index is 13.5. The van der Waals surface area contributed by atoms with Crippen LogP contribution in [0.4, 0.5) is 0 Å². The molecule has 8 heteroatoms. The highest BCUT2D eigenvalue weighted by Gasteiger charge is 2.40. The van der Waals surface area contributed by atoms with Crippen molar-refractivity contribution < 1.29 is 22.7 Å². The summed E-state index contributed by atoms with van der Waals surface area (Å²) in [5.74, 6) is 2.17. The topological polar surface area (TPSA) is 85.8 Å². The summed E-state index contributed by atoms with van der Waals surface area (Å²) >= 11 is 0. The molecule has 0 unspecified atom stereocenters. The fraction of sp³-hybridized carbons (Fsp3) is 0.462. The van der Waals surface area contributed by atoms with Crippen LogP contribution >= 0.6 is 0 Å². The summed E-state index contributed by atoms with van der Waals surface area (Å²) in [5.41, 5.74) is 2.28. The van der Waals surface area contributed by atoms with Gasteiger partial charge in [-0.25, -0.2) is 8.42 Å². The zero-order valence-electron chi connectivity index (χ0n) is 20.4. The molecule has 0 radical (unpaired) electrons. The van der Waals surface area contributed by atoms with Crippen molar-refractivity contribution >= 4 is 16.0 Å². The third-order valence-electron chi connectivity index (χ3n) is 6.29. The number of sulfonamides is 1. The molecule has 0 saturated carbocycles. The van der Waals surface area contributed by atoms with Gasteiger partial charge < -0.3 is 9.47 Å². The summed E-state index contributed by atoms with van der Waals surface area (Å²) < 4.78 is 39.4. The molecule has 0 aliphatic carbocycles. The first kappa shape index (κ1) is 25.9. The zero-order chi connectivity index (χ0) is 25.1. The van der Waals surface area contributed by atoms with Gasteiger partial charge in [0.05, 0.1) is 18.6 Å². The van der Waals surface area contributed by atoms with E-state index in [9.17, 15) is 13.2 Å². The number of pyridine rings is 1. The lowest BCUT2D eigenvalue weighted by molar-refractivity contribution is -0.160. The van der Waals surface area contributed by atoms with E-state index >= 15 is 0 Å². The molecule has 0 fully saturated rings. The largest absolute Gasteiger partial charge is 0.469 e. The molecule has 1 aromatic heterocycles. The van der Waals surface area contributed by atoms with Gasteiger partial charge in [0, 0.05) is 25.5 Å². The molecule has 0 amide bonds. The van der Waals surface area contributed by atoms with Crippen LogP contribution in [-0.2, 0) is 37.3 Å². The molecule has 7 nitrogen and oxygen atoms in total. The quantitative estimate of drug-likeness (QED) is 0.440. The Bertz CT molecular complexity index is 1200. The van der Waals surface area contributed by atoms with Gasteiger partial charge in [-0.2, -0.15) is 4.31 Å². The second-order valence-corrected chi connectivity index (χ2v) is 11.3. The van der Waals surface area contributed by atoms with E-state index in [0.717, 1.165) is 22.3 Å². The number of methoxy groups -OCH3 is 1. The highest BCUT2D eigenvalue weighted by molar-refractivity contribution is 7.89. The van der Waals surface area contributed by atoms with E-state index in [1.54, 1.807) is 26.1 Å². The van der Waals surface area contributed by atoms with Gasteiger partial charge in [-0.3, -0.25) is 9.78 Å². The number of hydrogen-bond donors (Lipinski definition) is 0. The standard InChI is InChI=1S/C26H32N2O5S/c1-7-12-33-24(26(4,5)25(29)32-6)21-9-8-19(3)22(14-21)17-28-16-18(2)13-20-10-11-27-15-23(20)34(28,30)31/h1,8-11,14-15,18,24H,12-13,16-17H2,2-6H3/t18-,24-/m0/s1. The van der Waals surface area contributed by atoms with E-state index in [4.69, 9.17) is 15.9 Å². The Hall–Kier alpha value is -2.73. The van der Waals surface area contributed by atoms with E-state index in [-0.39, 0.29) is 24.0 Å².